The summed E-state index contributed by atoms with van der Waals surface area (Å²) in [7, 11) is 0. The Balaban J connectivity index is 1.72. The molecule has 20 heavy (non-hydrogen) atoms. The zero-order chi connectivity index (χ0) is 14.4. The van der Waals surface area contributed by atoms with Gasteiger partial charge in [0.15, 0.2) is 0 Å². The monoisotopic (exact) mass is 277 g/mol. The number of carbonyl (C=O) groups is 1. The van der Waals surface area contributed by atoms with Gasteiger partial charge >= 0.3 is 6.03 Å². The highest BCUT2D eigenvalue weighted by atomic mass is 16.5. The summed E-state index contributed by atoms with van der Waals surface area (Å²) in [6, 6.07) is 5.87. The molecule has 0 aromatic heterocycles. The van der Waals surface area contributed by atoms with E-state index in [9.17, 15) is 4.79 Å². The third-order valence-electron chi connectivity index (χ3n) is 3.30. The van der Waals surface area contributed by atoms with E-state index < -0.39 is 0 Å². The lowest BCUT2D eigenvalue weighted by molar-refractivity contribution is 0.0388. The summed E-state index contributed by atoms with van der Waals surface area (Å²) >= 11 is 0. The van der Waals surface area contributed by atoms with Crippen molar-refractivity contribution >= 4 is 11.7 Å². The number of amides is 2. The van der Waals surface area contributed by atoms with Gasteiger partial charge < -0.3 is 15.4 Å². The standard InChI is InChI=1S/C15H23N3O2/c1-12-9-13(2)11-14(10-12)17-15(19)16-3-4-18-5-7-20-8-6-18/h9-11H,3-8H2,1-2H3,(H2,16,17,19). The Morgan fingerprint density at radius 2 is 1.85 bits per heavy atom. The lowest BCUT2D eigenvalue weighted by Gasteiger charge is -2.26. The van der Waals surface area contributed by atoms with Gasteiger partial charge in [-0.3, -0.25) is 4.90 Å². The Hall–Kier alpha value is -1.59. The van der Waals surface area contributed by atoms with Gasteiger partial charge in [0.2, 0.25) is 0 Å². The molecule has 2 N–H and O–H groups in total. The van der Waals surface area contributed by atoms with Crippen LogP contribution in [-0.2, 0) is 4.74 Å². The minimum atomic E-state index is -0.150. The number of benzene rings is 1. The molecule has 0 bridgehead atoms. The summed E-state index contributed by atoms with van der Waals surface area (Å²) in [5, 5.41) is 5.75. The Bertz CT molecular complexity index is 436. The Morgan fingerprint density at radius 1 is 1.20 bits per heavy atom. The summed E-state index contributed by atoms with van der Waals surface area (Å²) in [4.78, 5) is 14.1. The topological polar surface area (TPSA) is 53.6 Å². The molecule has 0 saturated carbocycles. The third kappa shape index (κ3) is 4.83. The first-order valence-corrected chi connectivity index (χ1v) is 7.07. The maximum Gasteiger partial charge on any atom is 0.319 e. The predicted molar refractivity (Wildman–Crippen MR) is 80.2 cm³/mol. The van der Waals surface area contributed by atoms with Crippen LogP contribution in [0.25, 0.3) is 0 Å². The van der Waals surface area contributed by atoms with E-state index in [-0.39, 0.29) is 6.03 Å². The number of urea groups is 1. The minimum Gasteiger partial charge on any atom is -0.379 e. The molecule has 2 rings (SSSR count). The highest BCUT2D eigenvalue weighted by Crippen LogP contribution is 2.13. The molecule has 0 radical (unpaired) electrons. The molecule has 0 unspecified atom stereocenters. The molecule has 2 amide bonds. The number of nitrogens with one attached hydrogen (secondary N) is 2. The molecule has 1 heterocycles. The van der Waals surface area contributed by atoms with E-state index >= 15 is 0 Å². The predicted octanol–water partition coefficient (Wildman–Crippen LogP) is 1.76. The highest BCUT2D eigenvalue weighted by Gasteiger charge is 2.10. The number of hydrogen-bond acceptors (Lipinski definition) is 3. The molecule has 1 aromatic carbocycles. The number of rotatable bonds is 4. The molecular weight excluding hydrogens is 254 g/mol. The first-order chi connectivity index (χ1) is 9.63. The second-order valence-electron chi connectivity index (χ2n) is 5.21. The molecule has 1 aromatic rings. The van der Waals surface area contributed by atoms with Gasteiger partial charge in [-0.15, -0.1) is 0 Å². The Kier molecular flexibility index (Phi) is 5.38. The fourth-order valence-electron chi connectivity index (χ4n) is 2.37. The first-order valence-electron chi connectivity index (χ1n) is 7.07. The number of anilines is 1. The number of ether oxygens (including phenoxy) is 1. The van der Waals surface area contributed by atoms with Crippen LogP contribution in [0.5, 0.6) is 0 Å². The molecule has 0 atom stereocenters. The fraction of sp³-hybridized carbons (Fsp3) is 0.533. The van der Waals surface area contributed by atoms with Gasteiger partial charge in [-0.1, -0.05) is 6.07 Å². The van der Waals surface area contributed by atoms with Gasteiger partial charge in [-0.05, 0) is 37.1 Å². The number of aryl methyl sites for hydroxylation is 2. The number of carbonyl (C=O) groups excluding carboxylic acids is 1. The van der Waals surface area contributed by atoms with Crippen molar-refractivity contribution in [2.75, 3.05) is 44.7 Å². The average molecular weight is 277 g/mol. The van der Waals surface area contributed by atoms with Crippen LogP contribution in [0.1, 0.15) is 11.1 Å². The Labute approximate surface area is 120 Å². The summed E-state index contributed by atoms with van der Waals surface area (Å²) in [5.74, 6) is 0. The van der Waals surface area contributed by atoms with Gasteiger partial charge in [0, 0.05) is 31.9 Å². The van der Waals surface area contributed by atoms with Crippen molar-refractivity contribution in [3.05, 3.63) is 29.3 Å². The smallest absolute Gasteiger partial charge is 0.319 e. The fourth-order valence-corrected chi connectivity index (χ4v) is 2.37. The number of nitrogens with zero attached hydrogens (tertiary/aromatic N) is 1. The van der Waals surface area contributed by atoms with Crippen molar-refractivity contribution in [3.8, 4) is 0 Å². The summed E-state index contributed by atoms with van der Waals surface area (Å²) in [5.41, 5.74) is 3.13. The van der Waals surface area contributed by atoms with E-state index in [2.05, 4.69) is 21.6 Å². The minimum absolute atomic E-state index is 0.150. The first kappa shape index (κ1) is 14.8. The van der Waals surface area contributed by atoms with E-state index in [1.54, 1.807) is 0 Å². The van der Waals surface area contributed by atoms with Gasteiger partial charge in [0.1, 0.15) is 0 Å². The average Bonchev–Trinajstić information content (AvgIpc) is 2.38. The van der Waals surface area contributed by atoms with Crippen LogP contribution in [0.3, 0.4) is 0 Å². The zero-order valence-electron chi connectivity index (χ0n) is 12.2. The molecule has 1 aliphatic heterocycles. The van der Waals surface area contributed by atoms with Crippen molar-refractivity contribution in [3.63, 3.8) is 0 Å². The van der Waals surface area contributed by atoms with Gasteiger partial charge in [0.25, 0.3) is 0 Å². The second kappa shape index (κ2) is 7.26. The van der Waals surface area contributed by atoms with Crippen LogP contribution in [0.15, 0.2) is 18.2 Å². The molecule has 0 spiro atoms. The molecule has 5 nitrogen and oxygen atoms in total. The quantitative estimate of drug-likeness (QED) is 0.881. The van der Waals surface area contributed by atoms with Crippen LogP contribution < -0.4 is 10.6 Å². The van der Waals surface area contributed by atoms with Crippen LogP contribution in [0.4, 0.5) is 10.5 Å². The van der Waals surface area contributed by atoms with Crippen molar-refractivity contribution in [1.29, 1.82) is 0 Å². The summed E-state index contributed by atoms with van der Waals surface area (Å²) < 4.78 is 5.29. The maximum atomic E-state index is 11.8. The zero-order valence-corrected chi connectivity index (χ0v) is 12.2. The van der Waals surface area contributed by atoms with Crippen LogP contribution in [-0.4, -0.2) is 50.3 Å². The van der Waals surface area contributed by atoms with Gasteiger partial charge in [-0.2, -0.15) is 0 Å². The van der Waals surface area contributed by atoms with Crippen LogP contribution >= 0.6 is 0 Å². The molecular formula is C15H23N3O2. The lowest BCUT2D eigenvalue weighted by Crippen LogP contribution is -2.42. The van der Waals surface area contributed by atoms with Gasteiger partial charge in [0.05, 0.1) is 13.2 Å². The van der Waals surface area contributed by atoms with Crippen molar-refractivity contribution < 1.29 is 9.53 Å². The SMILES string of the molecule is Cc1cc(C)cc(NC(=O)NCCN2CCOCC2)c1. The Morgan fingerprint density at radius 3 is 2.50 bits per heavy atom. The highest BCUT2D eigenvalue weighted by molar-refractivity contribution is 5.89. The number of hydrogen-bond donors (Lipinski definition) is 2. The van der Waals surface area contributed by atoms with E-state index in [1.807, 2.05) is 26.0 Å². The van der Waals surface area contributed by atoms with Crippen molar-refractivity contribution in [2.45, 2.75) is 13.8 Å². The molecule has 1 saturated heterocycles. The molecule has 1 aliphatic rings. The van der Waals surface area contributed by atoms with E-state index in [4.69, 9.17) is 4.74 Å². The van der Waals surface area contributed by atoms with E-state index in [0.717, 1.165) is 49.7 Å². The largest absolute Gasteiger partial charge is 0.379 e. The molecule has 5 heteroatoms. The summed E-state index contributed by atoms with van der Waals surface area (Å²) in [6.45, 7) is 9.02. The van der Waals surface area contributed by atoms with Crippen molar-refractivity contribution in [1.82, 2.24) is 10.2 Å². The van der Waals surface area contributed by atoms with E-state index in [1.165, 1.54) is 0 Å². The molecule has 1 fully saturated rings. The lowest BCUT2D eigenvalue weighted by atomic mass is 10.1. The molecule has 0 aliphatic carbocycles. The second-order valence-corrected chi connectivity index (χ2v) is 5.21. The van der Waals surface area contributed by atoms with Crippen LogP contribution in [0.2, 0.25) is 0 Å². The van der Waals surface area contributed by atoms with Gasteiger partial charge in [-0.25, -0.2) is 4.79 Å². The normalized spacial score (nSPS) is 15.9. The summed E-state index contributed by atoms with van der Waals surface area (Å²) in [6.07, 6.45) is 0. The van der Waals surface area contributed by atoms with Crippen molar-refractivity contribution in [2.24, 2.45) is 0 Å². The van der Waals surface area contributed by atoms with E-state index in [0.29, 0.717) is 6.54 Å². The van der Waals surface area contributed by atoms with Crippen LogP contribution in [0, 0.1) is 13.8 Å². The maximum absolute atomic E-state index is 11.8. The third-order valence-corrected chi connectivity index (χ3v) is 3.30. The number of morpholine rings is 1. The molecule has 110 valence electrons.